The van der Waals surface area contributed by atoms with E-state index in [9.17, 15) is 0 Å². The van der Waals surface area contributed by atoms with Gasteiger partial charge in [-0.05, 0) is 0 Å². The lowest BCUT2D eigenvalue weighted by atomic mass is 10.3. The van der Waals surface area contributed by atoms with Crippen LogP contribution < -0.4 is 0 Å². The minimum absolute atomic E-state index is 0. The first-order chi connectivity index (χ1) is 5.36. The zero-order valence-electron chi connectivity index (χ0n) is 7.01. The number of aromatic nitrogens is 2. The lowest BCUT2D eigenvalue weighted by molar-refractivity contribution is 0.824. The summed E-state index contributed by atoms with van der Waals surface area (Å²) in [6.45, 7) is 7.27. The summed E-state index contributed by atoms with van der Waals surface area (Å²) in [5.74, 6) is 0.969. The van der Waals surface area contributed by atoms with E-state index in [4.69, 9.17) is 0 Å². The first kappa shape index (κ1) is 10.7. The van der Waals surface area contributed by atoms with E-state index in [-0.39, 0.29) is 5.48 Å². The SMILES string of the molecule is C=CCc1c[nH]c(CC=C)n1.O. The molecule has 0 atom stereocenters. The molecular weight excluding hydrogens is 152 g/mol. The van der Waals surface area contributed by atoms with Crippen LogP contribution in [0.5, 0.6) is 0 Å². The third-order valence-electron chi connectivity index (χ3n) is 1.38. The van der Waals surface area contributed by atoms with E-state index in [1.54, 1.807) is 0 Å². The van der Waals surface area contributed by atoms with Crippen molar-refractivity contribution in [3.63, 3.8) is 0 Å². The topological polar surface area (TPSA) is 60.2 Å². The summed E-state index contributed by atoms with van der Waals surface area (Å²) in [5.41, 5.74) is 1.04. The summed E-state index contributed by atoms with van der Waals surface area (Å²) >= 11 is 0. The van der Waals surface area contributed by atoms with Crippen LogP contribution in [0, 0.1) is 0 Å². The summed E-state index contributed by atoms with van der Waals surface area (Å²) in [4.78, 5) is 7.35. The molecule has 0 saturated carbocycles. The van der Waals surface area contributed by atoms with Gasteiger partial charge in [-0.1, -0.05) is 12.2 Å². The number of H-pyrrole nitrogens is 1. The van der Waals surface area contributed by atoms with Gasteiger partial charge < -0.3 is 10.5 Å². The fraction of sp³-hybridized carbons (Fsp3) is 0.222. The van der Waals surface area contributed by atoms with E-state index >= 15 is 0 Å². The summed E-state index contributed by atoms with van der Waals surface area (Å²) in [7, 11) is 0. The number of nitrogens with one attached hydrogen (secondary N) is 1. The molecule has 3 heteroatoms. The van der Waals surface area contributed by atoms with Gasteiger partial charge >= 0.3 is 0 Å². The lowest BCUT2D eigenvalue weighted by Crippen LogP contribution is -1.84. The quantitative estimate of drug-likeness (QED) is 0.667. The van der Waals surface area contributed by atoms with Gasteiger partial charge in [0.15, 0.2) is 0 Å². The Morgan fingerprint density at radius 3 is 2.58 bits per heavy atom. The summed E-state index contributed by atoms with van der Waals surface area (Å²) < 4.78 is 0. The van der Waals surface area contributed by atoms with Crippen molar-refractivity contribution in [3.05, 3.63) is 43.0 Å². The van der Waals surface area contributed by atoms with Crippen molar-refractivity contribution in [2.24, 2.45) is 0 Å². The van der Waals surface area contributed by atoms with Crippen LogP contribution in [0.4, 0.5) is 0 Å². The van der Waals surface area contributed by atoms with Crippen LogP contribution in [0.2, 0.25) is 0 Å². The van der Waals surface area contributed by atoms with Crippen LogP contribution in [0.25, 0.3) is 0 Å². The predicted octanol–water partition coefficient (Wildman–Crippen LogP) is 1.04. The van der Waals surface area contributed by atoms with Gasteiger partial charge in [0.05, 0.1) is 5.69 Å². The molecule has 0 aliphatic carbocycles. The van der Waals surface area contributed by atoms with Crippen molar-refractivity contribution in [1.82, 2.24) is 9.97 Å². The largest absolute Gasteiger partial charge is 0.412 e. The Bertz CT molecular complexity index is 228. The molecule has 0 radical (unpaired) electrons. The summed E-state index contributed by atoms with van der Waals surface area (Å²) in [5, 5.41) is 0. The highest BCUT2D eigenvalue weighted by atomic mass is 16.0. The first-order valence-corrected chi connectivity index (χ1v) is 3.61. The van der Waals surface area contributed by atoms with Gasteiger partial charge in [0, 0.05) is 19.0 Å². The van der Waals surface area contributed by atoms with Crippen molar-refractivity contribution < 1.29 is 5.48 Å². The highest BCUT2D eigenvalue weighted by Crippen LogP contribution is 1.99. The summed E-state index contributed by atoms with van der Waals surface area (Å²) in [6, 6.07) is 0. The maximum atomic E-state index is 4.29. The van der Waals surface area contributed by atoms with Crippen LogP contribution >= 0.6 is 0 Å². The molecule has 0 aliphatic heterocycles. The standard InChI is InChI=1S/C9H12N2.H2O/c1-3-5-8-7-10-9(11-8)6-4-2;/h3-4,7H,1-2,5-6H2,(H,10,11);1H2. The van der Waals surface area contributed by atoms with Crippen molar-refractivity contribution >= 4 is 0 Å². The third kappa shape index (κ3) is 2.72. The molecule has 1 rings (SSSR count). The van der Waals surface area contributed by atoms with E-state index in [2.05, 4.69) is 23.1 Å². The van der Waals surface area contributed by atoms with Gasteiger partial charge in [-0.25, -0.2) is 4.98 Å². The number of imidazole rings is 1. The monoisotopic (exact) mass is 166 g/mol. The van der Waals surface area contributed by atoms with Gasteiger partial charge in [-0.15, -0.1) is 13.2 Å². The van der Waals surface area contributed by atoms with E-state index in [0.29, 0.717) is 0 Å². The van der Waals surface area contributed by atoms with E-state index in [0.717, 1.165) is 24.4 Å². The number of allylic oxidation sites excluding steroid dienone is 2. The van der Waals surface area contributed by atoms with Gasteiger partial charge in [0.2, 0.25) is 0 Å². The van der Waals surface area contributed by atoms with Crippen molar-refractivity contribution in [2.45, 2.75) is 12.8 Å². The van der Waals surface area contributed by atoms with Crippen LogP contribution in [-0.4, -0.2) is 15.4 Å². The molecule has 0 aliphatic rings. The third-order valence-corrected chi connectivity index (χ3v) is 1.38. The fourth-order valence-corrected chi connectivity index (χ4v) is 0.898. The molecule has 0 unspecified atom stereocenters. The zero-order valence-corrected chi connectivity index (χ0v) is 7.01. The molecule has 0 fully saturated rings. The highest BCUT2D eigenvalue weighted by Gasteiger charge is 1.95. The second kappa shape index (κ2) is 5.32. The number of hydrogen-bond acceptors (Lipinski definition) is 1. The van der Waals surface area contributed by atoms with Gasteiger partial charge in [0.25, 0.3) is 0 Å². The number of hydrogen-bond donors (Lipinski definition) is 1. The molecule has 0 saturated heterocycles. The molecule has 0 aromatic carbocycles. The number of rotatable bonds is 4. The Kier molecular flexibility index (Phi) is 4.72. The van der Waals surface area contributed by atoms with Crippen LogP contribution in [0.1, 0.15) is 11.5 Å². The molecule has 0 amide bonds. The number of nitrogens with zero attached hydrogens (tertiary/aromatic N) is 1. The normalized spacial score (nSPS) is 8.67. The molecular formula is C9H14N2O. The lowest BCUT2D eigenvalue weighted by Gasteiger charge is -1.85. The van der Waals surface area contributed by atoms with Crippen molar-refractivity contribution in [1.29, 1.82) is 0 Å². The predicted molar refractivity (Wildman–Crippen MR) is 50.0 cm³/mol. The van der Waals surface area contributed by atoms with Crippen LogP contribution in [0.15, 0.2) is 31.5 Å². The Morgan fingerprint density at radius 2 is 2.00 bits per heavy atom. The zero-order chi connectivity index (χ0) is 8.10. The molecule has 12 heavy (non-hydrogen) atoms. The fourth-order valence-electron chi connectivity index (χ4n) is 0.898. The smallest absolute Gasteiger partial charge is 0.110 e. The molecule has 1 heterocycles. The second-order valence-electron chi connectivity index (χ2n) is 2.32. The molecule has 1 aromatic rings. The maximum absolute atomic E-state index is 4.29. The average Bonchev–Trinajstić information content (AvgIpc) is 2.38. The second-order valence-corrected chi connectivity index (χ2v) is 2.32. The van der Waals surface area contributed by atoms with Gasteiger partial charge in [-0.3, -0.25) is 0 Å². The Morgan fingerprint density at radius 1 is 1.33 bits per heavy atom. The Balaban J connectivity index is 0.00000121. The Labute approximate surface area is 72.2 Å². The minimum atomic E-state index is 0. The molecule has 3 nitrogen and oxygen atoms in total. The molecule has 1 aromatic heterocycles. The van der Waals surface area contributed by atoms with Crippen molar-refractivity contribution in [2.75, 3.05) is 0 Å². The minimum Gasteiger partial charge on any atom is -0.412 e. The molecule has 0 bridgehead atoms. The highest BCUT2D eigenvalue weighted by molar-refractivity contribution is 5.06. The molecule has 0 spiro atoms. The summed E-state index contributed by atoms with van der Waals surface area (Å²) in [6.07, 6.45) is 7.20. The molecule has 3 N–H and O–H groups in total. The van der Waals surface area contributed by atoms with E-state index < -0.39 is 0 Å². The van der Waals surface area contributed by atoms with Gasteiger partial charge in [0.1, 0.15) is 5.82 Å². The van der Waals surface area contributed by atoms with E-state index in [1.807, 2.05) is 18.3 Å². The van der Waals surface area contributed by atoms with Crippen molar-refractivity contribution in [3.8, 4) is 0 Å². The average molecular weight is 166 g/mol. The van der Waals surface area contributed by atoms with Crippen LogP contribution in [0.3, 0.4) is 0 Å². The number of aromatic amines is 1. The van der Waals surface area contributed by atoms with Gasteiger partial charge in [-0.2, -0.15) is 0 Å². The first-order valence-electron chi connectivity index (χ1n) is 3.61. The van der Waals surface area contributed by atoms with E-state index in [1.165, 1.54) is 0 Å². The Hall–Kier alpha value is -1.35. The van der Waals surface area contributed by atoms with Crippen LogP contribution in [-0.2, 0) is 12.8 Å². The maximum Gasteiger partial charge on any atom is 0.110 e. The molecule has 66 valence electrons.